The molecule has 1 heterocycles. The molecular formula is C11H15NS. The largest absolute Gasteiger partial charge is 0.384 e. The second-order valence-electron chi connectivity index (χ2n) is 3.80. The van der Waals surface area contributed by atoms with Crippen LogP contribution in [0.5, 0.6) is 0 Å². The van der Waals surface area contributed by atoms with Crippen LogP contribution in [-0.4, -0.2) is 12.3 Å². The first kappa shape index (κ1) is 8.95. The average Bonchev–Trinajstić information content (AvgIpc) is 2.29. The Morgan fingerprint density at radius 1 is 1.46 bits per heavy atom. The average molecular weight is 193 g/mol. The quantitative estimate of drug-likeness (QED) is 0.679. The Balaban J connectivity index is 2.30. The number of thioether (sulfide) groups is 1. The Hall–Kier alpha value is -0.630. The third-order valence-electron chi connectivity index (χ3n) is 2.30. The van der Waals surface area contributed by atoms with Crippen molar-refractivity contribution >= 4 is 17.4 Å². The van der Waals surface area contributed by atoms with Crippen LogP contribution in [0.1, 0.15) is 12.5 Å². The van der Waals surface area contributed by atoms with Gasteiger partial charge in [-0.3, -0.25) is 0 Å². The lowest BCUT2D eigenvalue weighted by Gasteiger charge is -2.08. The molecule has 70 valence electrons. The molecule has 13 heavy (non-hydrogen) atoms. The third-order valence-corrected chi connectivity index (χ3v) is 3.70. The Labute approximate surface area is 83.9 Å². The summed E-state index contributed by atoms with van der Waals surface area (Å²) in [7, 11) is 0. The Morgan fingerprint density at radius 2 is 2.31 bits per heavy atom. The predicted octanol–water partition coefficient (Wildman–Crippen LogP) is 3.15. The first-order valence-electron chi connectivity index (χ1n) is 4.73. The Kier molecular flexibility index (Phi) is 2.49. The lowest BCUT2D eigenvalue weighted by molar-refractivity contribution is 0.705. The van der Waals surface area contributed by atoms with Gasteiger partial charge in [0.2, 0.25) is 0 Å². The van der Waals surface area contributed by atoms with Crippen molar-refractivity contribution in [2.24, 2.45) is 5.92 Å². The van der Waals surface area contributed by atoms with Crippen molar-refractivity contribution in [3.8, 4) is 0 Å². The van der Waals surface area contributed by atoms with Gasteiger partial charge in [0.25, 0.3) is 0 Å². The van der Waals surface area contributed by atoms with Gasteiger partial charge in [-0.2, -0.15) is 0 Å². The molecule has 0 radical (unpaired) electrons. The van der Waals surface area contributed by atoms with Gasteiger partial charge in [-0.1, -0.05) is 13.0 Å². The maximum atomic E-state index is 3.49. The molecule has 2 heteroatoms. The molecule has 2 rings (SSSR count). The number of aryl methyl sites for hydroxylation is 1. The summed E-state index contributed by atoms with van der Waals surface area (Å²) in [5, 5.41) is 3.49. The van der Waals surface area contributed by atoms with Crippen molar-refractivity contribution in [2.45, 2.75) is 18.7 Å². The van der Waals surface area contributed by atoms with Crippen LogP contribution in [0.3, 0.4) is 0 Å². The van der Waals surface area contributed by atoms with Crippen molar-refractivity contribution in [1.29, 1.82) is 0 Å². The molecule has 1 nitrogen and oxygen atoms in total. The van der Waals surface area contributed by atoms with Gasteiger partial charge in [-0.05, 0) is 30.5 Å². The summed E-state index contributed by atoms with van der Waals surface area (Å²) < 4.78 is 0. The molecule has 1 N–H and O–H groups in total. The number of hydrogen-bond acceptors (Lipinski definition) is 2. The fourth-order valence-electron chi connectivity index (χ4n) is 1.48. The Bertz CT molecular complexity index is 309. The summed E-state index contributed by atoms with van der Waals surface area (Å²) in [5.41, 5.74) is 2.65. The van der Waals surface area contributed by atoms with E-state index in [9.17, 15) is 0 Å². The predicted molar refractivity (Wildman–Crippen MR) is 59.6 cm³/mol. The van der Waals surface area contributed by atoms with E-state index >= 15 is 0 Å². The normalized spacial score (nSPS) is 21.5. The van der Waals surface area contributed by atoms with E-state index in [2.05, 4.69) is 37.4 Å². The first-order valence-corrected chi connectivity index (χ1v) is 5.71. The van der Waals surface area contributed by atoms with Crippen LogP contribution in [0.15, 0.2) is 23.1 Å². The zero-order chi connectivity index (χ0) is 9.26. The van der Waals surface area contributed by atoms with Gasteiger partial charge in [0, 0.05) is 22.9 Å². The summed E-state index contributed by atoms with van der Waals surface area (Å²) in [6.07, 6.45) is 0. The van der Waals surface area contributed by atoms with Crippen LogP contribution in [0.4, 0.5) is 5.69 Å². The van der Waals surface area contributed by atoms with E-state index < -0.39 is 0 Å². The van der Waals surface area contributed by atoms with Crippen molar-refractivity contribution in [1.82, 2.24) is 0 Å². The van der Waals surface area contributed by atoms with E-state index in [1.165, 1.54) is 21.9 Å². The molecule has 1 aliphatic rings. The highest BCUT2D eigenvalue weighted by Crippen LogP contribution is 2.32. The molecule has 1 aromatic rings. The molecule has 0 aliphatic carbocycles. The van der Waals surface area contributed by atoms with Crippen molar-refractivity contribution < 1.29 is 0 Å². The van der Waals surface area contributed by atoms with Gasteiger partial charge in [0.05, 0.1) is 0 Å². The highest BCUT2D eigenvalue weighted by molar-refractivity contribution is 7.99. The fourth-order valence-corrected chi connectivity index (χ4v) is 2.52. The van der Waals surface area contributed by atoms with Crippen LogP contribution in [0.2, 0.25) is 0 Å². The van der Waals surface area contributed by atoms with Gasteiger partial charge in [-0.15, -0.1) is 11.8 Å². The monoisotopic (exact) mass is 193 g/mol. The first-order chi connectivity index (χ1) is 6.25. The van der Waals surface area contributed by atoms with E-state index in [1.54, 1.807) is 0 Å². The standard InChI is InChI=1S/C11H15NS/c1-8-3-4-11-10(5-8)12-6-9(2)7-13-11/h3-5,9,12H,6-7H2,1-2H3. The minimum atomic E-state index is 0.762. The number of anilines is 1. The van der Waals surface area contributed by atoms with Gasteiger partial charge < -0.3 is 5.32 Å². The summed E-state index contributed by atoms with van der Waals surface area (Å²) in [4.78, 5) is 1.40. The summed E-state index contributed by atoms with van der Waals surface area (Å²) in [6.45, 7) is 5.53. The number of rotatable bonds is 0. The number of nitrogens with one attached hydrogen (secondary N) is 1. The van der Waals surface area contributed by atoms with Crippen LogP contribution in [0, 0.1) is 12.8 Å². The highest BCUT2D eigenvalue weighted by Gasteiger charge is 2.11. The van der Waals surface area contributed by atoms with Crippen molar-refractivity contribution in [3.63, 3.8) is 0 Å². The van der Waals surface area contributed by atoms with Crippen LogP contribution < -0.4 is 5.32 Å². The molecule has 0 amide bonds. The van der Waals surface area contributed by atoms with Gasteiger partial charge in [0.15, 0.2) is 0 Å². The van der Waals surface area contributed by atoms with Gasteiger partial charge in [0.1, 0.15) is 0 Å². The van der Waals surface area contributed by atoms with Crippen LogP contribution in [0.25, 0.3) is 0 Å². The molecule has 0 fully saturated rings. The number of hydrogen-bond donors (Lipinski definition) is 1. The summed E-state index contributed by atoms with van der Waals surface area (Å²) in [6, 6.07) is 6.64. The maximum Gasteiger partial charge on any atom is 0.0481 e. The van der Waals surface area contributed by atoms with Crippen LogP contribution in [-0.2, 0) is 0 Å². The van der Waals surface area contributed by atoms with E-state index in [1.807, 2.05) is 11.8 Å². The zero-order valence-electron chi connectivity index (χ0n) is 8.13. The van der Waals surface area contributed by atoms with E-state index in [4.69, 9.17) is 0 Å². The van der Waals surface area contributed by atoms with Gasteiger partial charge >= 0.3 is 0 Å². The third kappa shape index (κ3) is 1.99. The highest BCUT2D eigenvalue weighted by atomic mass is 32.2. The van der Waals surface area contributed by atoms with Crippen LogP contribution >= 0.6 is 11.8 Å². The maximum absolute atomic E-state index is 3.49. The topological polar surface area (TPSA) is 12.0 Å². The van der Waals surface area contributed by atoms with E-state index in [0.29, 0.717) is 0 Å². The fraction of sp³-hybridized carbons (Fsp3) is 0.455. The molecule has 0 saturated heterocycles. The molecule has 1 aromatic carbocycles. The smallest absolute Gasteiger partial charge is 0.0481 e. The zero-order valence-corrected chi connectivity index (χ0v) is 8.95. The molecule has 1 unspecified atom stereocenters. The van der Waals surface area contributed by atoms with Crippen molar-refractivity contribution in [3.05, 3.63) is 23.8 Å². The Morgan fingerprint density at radius 3 is 3.15 bits per heavy atom. The van der Waals surface area contributed by atoms with Gasteiger partial charge in [-0.25, -0.2) is 0 Å². The molecule has 1 atom stereocenters. The number of fused-ring (bicyclic) bond motifs is 1. The molecule has 1 aliphatic heterocycles. The van der Waals surface area contributed by atoms with E-state index in [-0.39, 0.29) is 0 Å². The minimum Gasteiger partial charge on any atom is -0.384 e. The minimum absolute atomic E-state index is 0.762. The summed E-state index contributed by atoms with van der Waals surface area (Å²) in [5.74, 6) is 1.99. The lowest BCUT2D eigenvalue weighted by Crippen LogP contribution is -2.10. The number of benzene rings is 1. The SMILES string of the molecule is Cc1ccc2c(c1)NCC(C)CS2. The molecule has 0 aromatic heterocycles. The van der Waals surface area contributed by atoms with E-state index in [0.717, 1.165) is 12.5 Å². The molecular weight excluding hydrogens is 178 g/mol. The molecule has 0 spiro atoms. The molecule has 0 saturated carbocycles. The summed E-state index contributed by atoms with van der Waals surface area (Å²) >= 11 is 1.96. The van der Waals surface area contributed by atoms with Crippen molar-refractivity contribution in [2.75, 3.05) is 17.6 Å². The molecule has 0 bridgehead atoms. The second kappa shape index (κ2) is 3.62. The lowest BCUT2D eigenvalue weighted by atomic mass is 10.2. The second-order valence-corrected chi connectivity index (χ2v) is 4.86.